The lowest BCUT2D eigenvalue weighted by Crippen LogP contribution is -2.47. The number of nitrogens with zero attached hydrogens (tertiary/aromatic N) is 3. The normalized spacial score (nSPS) is 17.6. The van der Waals surface area contributed by atoms with E-state index in [1.807, 2.05) is 17.0 Å². The highest BCUT2D eigenvalue weighted by atomic mass is 19.1. The molecule has 0 bridgehead atoms. The highest BCUT2D eigenvalue weighted by Gasteiger charge is 2.22. The van der Waals surface area contributed by atoms with Crippen molar-refractivity contribution in [3.05, 3.63) is 64.6 Å². The zero-order chi connectivity index (χ0) is 17.9. The van der Waals surface area contributed by atoms with Crippen LogP contribution in [-0.4, -0.2) is 34.1 Å². The lowest BCUT2D eigenvalue weighted by atomic mass is 10.0. The van der Waals surface area contributed by atoms with E-state index < -0.39 is 0 Å². The molecule has 26 heavy (non-hydrogen) atoms. The molecule has 0 radical (unpaired) electrons. The van der Waals surface area contributed by atoms with Crippen LogP contribution in [0.4, 0.5) is 10.2 Å². The lowest BCUT2D eigenvalue weighted by molar-refractivity contribution is 0.419. The molecule has 3 heterocycles. The molecule has 0 spiro atoms. The van der Waals surface area contributed by atoms with E-state index in [-0.39, 0.29) is 17.4 Å². The van der Waals surface area contributed by atoms with E-state index in [4.69, 9.17) is 0 Å². The number of nitrogens with one attached hydrogen (secondary N) is 2. The zero-order valence-corrected chi connectivity index (χ0v) is 14.3. The summed E-state index contributed by atoms with van der Waals surface area (Å²) in [5.41, 5.74) is 1.48. The molecule has 4 rings (SSSR count). The molecule has 1 aromatic carbocycles. The van der Waals surface area contributed by atoms with Gasteiger partial charge >= 0.3 is 0 Å². The van der Waals surface area contributed by atoms with Crippen LogP contribution in [0.15, 0.2) is 47.7 Å². The fourth-order valence-electron chi connectivity index (χ4n) is 3.52. The van der Waals surface area contributed by atoms with Crippen molar-refractivity contribution in [2.75, 3.05) is 18.0 Å². The summed E-state index contributed by atoms with van der Waals surface area (Å²) in [4.78, 5) is 25.2. The van der Waals surface area contributed by atoms with E-state index in [9.17, 15) is 9.18 Å². The first-order valence-electron chi connectivity index (χ1n) is 8.76. The standard InChI is InChI=1S/C19H20FN5O/c20-15-9-13-3-1-5-21-17(13)14(10-15)11-24-16-4-2-8-25(12-16)18-19(26)23-7-6-22-18/h1,3,5-7,9-10,16,24H,2,4,8,11-12H2,(H,23,26)/t16-/m1/s1. The van der Waals surface area contributed by atoms with Gasteiger partial charge in [0.15, 0.2) is 5.82 Å². The SMILES string of the molecule is O=c1[nH]ccnc1N1CCC[C@@H](NCc2cc(F)cc3cccnc23)C1. The van der Waals surface area contributed by atoms with Gasteiger partial charge in [-0.1, -0.05) is 6.07 Å². The molecule has 134 valence electrons. The van der Waals surface area contributed by atoms with Gasteiger partial charge in [-0.15, -0.1) is 0 Å². The molecule has 0 unspecified atom stereocenters. The van der Waals surface area contributed by atoms with Crippen LogP contribution in [0.1, 0.15) is 18.4 Å². The Kier molecular flexibility index (Phi) is 4.62. The summed E-state index contributed by atoms with van der Waals surface area (Å²) < 4.78 is 13.9. The maximum Gasteiger partial charge on any atom is 0.290 e. The van der Waals surface area contributed by atoms with Crippen molar-refractivity contribution in [3.63, 3.8) is 0 Å². The molecule has 0 saturated carbocycles. The van der Waals surface area contributed by atoms with Gasteiger partial charge in [-0.3, -0.25) is 9.78 Å². The lowest BCUT2D eigenvalue weighted by Gasteiger charge is -2.33. The van der Waals surface area contributed by atoms with Gasteiger partial charge in [0.2, 0.25) is 0 Å². The molecule has 1 saturated heterocycles. The van der Waals surface area contributed by atoms with Crippen molar-refractivity contribution in [3.8, 4) is 0 Å². The van der Waals surface area contributed by atoms with Crippen molar-refractivity contribution in [1.82, 2.24) is 20.3 Å². The van der Waals surface area contributed by atoms with Gasteiger partial charge < -0.3 is 15.2 Å². The number of aromatic amines is 1. The van der Waals surface area contributed by atoms with E-state index in [0.717, 1.165) is 35.9 Å². The second-order valence-electron chi connectivity index (χ2n) is 6.55. The maximum absolute atomic E-state index is 13.9. The molecular formula is C19H20FN5O. The number of rotatable bonds is 4. The number of piperidine rings is 1. The van der Waals surface area contributed by atoms with Crippen LogP contribution in [0.2, 0.25) is 0 Å². The van der Waals surface area contributed by atoms with Crippen LogP contribution in [0, 0.1) is 5.82 Å². The average molecular weight is 353 g/mol. The average Bonchev–Trinajstić information content (AvgIpc) is 2.66. The predicted octanol–water partition coefficient (Wildman–Crippen LogP) is 2.22. The van der Waals surface area contributed by atoms with Gasteiger partial charge in [-0.25, -0.2) is 9.37 Å². The second kappa shape index (κ2) is 7.21. The van der Waals surface area contributed by atoms with Gasteiger partial charge in [0, 0.05) is 49.7 Å². The number of aromatic nitrogens is 3. The van der Waals surface area contributed by atoms with Crippen LogP contribution in [-0.2, 0) is 6.54 Å². The Morgan fingerprint density at radius 3 is 3.12 bits per heavy atom. The highest BCUT2D eigenvalue weighted by molar-refractivity contribution is 5.81. The van der Waals surface area contributed by atoms with E-state index in [1.54, 1.807) is 12.4 Å². The molecule has 2 N–H and O–H groups in total. The number of hydrogen-bond acceptors (Lipinski definition) is 5. The topological polar surface area (TPSA) is 73.9 Å². The van der Waals surface area contributed by atoms with E-state index in [1.165, 1.54) is 18.3 Å². The van der Waals surface area contributed by atoms with Gasteiger partial charge in [0.05, 0.1) is 5.52 Å². The van der Waals surface area contributed by atoms with Crippen LogP contribution < -0.4 is 15.8 Å². The Labute approximate surface area is 150 Å². The van der Waals surface area contributed by atoms with Gasteiger partial charge in [0.25, 0.3) is 5.56 Å². The summed E-state index contributed by atoms with van der Waals surface area (Å²) in [7, 11) is 0. The van der Waals surface area contributed by atoms with E-state index in [0.29, 0.717) is 18.9 Å². The minimum Gasteiger partial charge on any atom is -0.350 e. The van der Waals surface area contributed by atoms with Gasteiger partial charge in [0.1, 0.15) is 5.82 Å². The molecule has 0 aliphatic carbocycles. The summed E-state index contributed by atoms with van der Waals surface area (Å²) in [6.45, 7) is 2.03. The first-order valence-corrected chi connectivity index (χ1v) is 8.76. The summed E-state index contributed by atoms with van der Waals surface area (Å²) in [5, 5.41) is 4.29. The van der Waals surface area contributed by atoms with Gasteiger partial charge in [-0.05, 0) is 36.6 Å². The molecule has 1 aliphatic rings. The molecular weight excluding hydrogens is 333 g/mol. The molecule has 7 heteroatoms. The number of H-pyrrole nitrogens is 1. The molecule has 6 nitrogen and oxygen atoms in total. The third-order valence-corrected chi connectivity index (χ3v) is 4.74. The summed E-state index contributed by atoms with van der Waals surface area (Å²) in [6.07, 6.45) is 6.82. The molecule has 1 atom stereocenters. The maximum atomic E-state index is 13.9. The minimum absolute atomic E-state index is 0.173. The van der Waals surface area contributed by atoms with Crippen LogP contribution in [0.3, 0.4) is 0 Å². The van der Waals surface area contributed by atoms with Crippen LogP contribution in [0.25, 0.3) is 10.9 Å². The number of halogens is 1. The number of hydrogen-bond donors (Lipinski definition) is 2. The molecule has 0 amide bonds. The predicted molar refractivity (Wildman–Crippen MR) is 98.6 cm³/mol. The number of benzene rings is 1. The first-order chi connectivity index (χ1) is 12.7. The number of anilines is 1. The third-order valence-electron chi connectivity index (χ3n) is 4.74. The van der Waals surface area contributed by atoms with Crippen molar-refractivity contribution in [2.45, 2.75) is 25.4 Å². The van der Waals surface area contributed by atoms with Gasteiger partial charge in [-0.2, -0.15) is 0 Å². The summed E-state index contributed by atoms with van der Waals surface area (Å²) in [5.74, 6) is 0.199. The zero-order valence-electron chi connectivity index (χ0n) is 14.3. The highest BCUT2D eigenvalue weighted by Crippen LogP contribution is 2.20. The van der Waals surface area contributed by atoms with Crippen molar-refractivity contribution >= 4 is 16.7 Å². The molecule has 1 aliphatic heterocycles. The van der Waals surface area contributed by atoms with Crippen molar-refractivity contribution < 1.29 is 4.39 Å². The quantitative estimate of drug-likeness (QED) is 0.752. The third kappa shape index (κ3) is 3.43. The second-order valence-corrected chi connectivity index (χ2v) is 6.55. The Hall–Kier alpha value is -2.80. The summed E-state index contributed by atoms with van der Waals surface area (Å²) in [6, 6.07) is 6.91. The van der Waals surface area contributed by atoms with Crippen LogP contribution in [0.5, 0.6) is 0 Å². The minimum atomic E-state index is -0.257. The first kappa shape index (κ1) is 16.7. The number of fused-ring (bicyclic) bond motifs is 1. The number of pyridine rings is 1. The Bertz CT molecular complexity index is 973. The Balaban J connectivity index is 1.48. The fourth-order valence-corrected chi connectivity index (χ4v) is 3.52. The fraction of sp³-hybridized carbons (Fsp3) is 0.316. The Morgan fingerprint density at radius 2 is 2.23 bits per heavy atom. The van der Waals surface area contributed by atoms with E-state index in [2.05, 4.69) is 20.3 Å². The molecule has 3 aromatic rings. The monoisotopic (exact) mass is 353 g/mol. The van der Waals surface area contributed by atoms with E-state index >= 15 is 0 Å². The summed E-state index contributed by atoms with van der Waals surface area (Å²) >= 11 is 0. The van der Waals surface area contributed by atoms with Crippen LogP contribution >= 0.6 is 0 Å². The largest absolute Gasteiger partial charge is 0.350 e. The molecule has 1 fully saturated rings. The Morgan fingerprint density at radius 1 is 1.31 bits per heavy atom. The smallest absolute Gasteiger partial charge is 0.290 e. The van der Waals surface area contributed by atoms with Crippen molar-refractivity contribution in [2.24, 2.45) is 0 Å². The molecule has 2 aromatic heterocycles. The van der Waals surface area contributed by atoms with Crippen molar-refractivity contribution in [1.29, 1.82) is 0 Å².